The molecule has 96 valence electrons. The Labute approximate surface area is 104 Å². The zero-order valence-corrected chi connectivity index (χ0v) is 11.0. The number of rotatable bonds is 11. The molecule has 0 aliphatic carbocycles. The molecule has 0 aromatic rings. The monoisotopic (exact) mass is 249 g/mol. The van der Waals surface area contributed by atoms with E-state index in [-0.39, 0.29) is 5.91 Å². The molecule has 0 atom stereocenters. The summed E-state index contributed by atoms with van der Waals surface area (Å²) in [6.45, 7) is 4.43. The number of unbranched alkanes of at least 4 members (excludes halogenated alkanes) is 2. The smallest absolute Gasteiger partial charge is 0.219 e. The van der Waals surface area contributed by atoms with E-state index in [1.807, 2.05) is 0 Å². The van der Waals surface area contributed by atoms with Gasteiger partial charge in [-0.3, -0.25) is 4.79 Å². The number of carbonyl (C=O) groups excluding carboxylic acids is 1. The van der Waals surface area contributed by atoms with Crippen LogP contribution in [0.25, 0.3) is 0 Å². The Bertz CT molecular complexity index is 165. The number of halogens is 1. The number of ether oxygens (including phenoxy) is 1. The van der Waals surface area contributed by atoms with E-state index in [0.29, 0.717) is 18.8 Å². The molecule has 16 heavy (non-hydrogen) atoms. The van der Waals surface area contributed by atoms with Gasteiger partial charge in [-0.25, -0.2) is 0 Å². The quantitative estimate of drug-likeness (QED) is 0.452. The molecule has 0 rings (SSSR count). The first kappa shape index (κ1) is 15.7. The predicted octanol–water partition coefficient (Wildman–Crippen LogP) is 2.72. The van der Waals surface area contributed by atoms with Gasteiger partial charge in [0.2, 0.25) is 5.91 Å². The van der Waals surface area contributed by atoms with Crippen LogP contribution in [-0.4, -0.2) is 31.5 Å². The Kier molecular flexibility index (Phi) is 12.6. The first-order valence-electron chi connectivity index (χ1n) is 6.21. The highest BCUT2D eigenvalue weighted by atomic mass is 35.5. The molecule has 0 heterocycles. The van der Waals surface area contributed by atoms with Crippen molar-refractivity contribution in [2.45, 2.75) is 45.4 Å². The number of hydrogen-bond donors (Lipinski definition) is 1. The average molecular weight is 250 g/mol. The Morgan fingerprint density at radius 3 is 2.62 bits per heavy atom. The number of nitrogens with one attached hydrogen (secondary N) is 1. The van der Waals surface area contributed by atoms with Crippen LogP contribution < -0.4 is 5.32 Å². The summed E-state index contributed by atoms with van der Waals surface area (Å²) in [6.07, 6.45) is 5.55. The van der Waals surface area contributed by atoms with E-state index >= 15 is 0 Å². The van der Waals surface area contributed by atoms with Crippen molar-refractivity contribution in [3.8, 4) is 0 Å². The Balaban J connectivity index is 3.09. The third kappa shape index (κ3) is 11.8. The second-order valence-electron chi connectivity index (χ2n) is 3.82. The van der Waals surface area contributed by atoms with Gasteiger partial charge >= 0.3 is 0 Å². The van der Waals surface area contributed by atoms with Crippen LogP contribution in [0.4, 0.5) is 0 Å². The molecule has 0 aliphatic rings. The Hall–Kier alpha value is -0.280. The molecule has 3 nitrogen and oxygen atoms in total. The van der Waals surface area contributed by atoms with Gasteiger partial charge in [0.25, 0.3) is 0 Å². The van der Waals surface area contributed by atoms with Crippen molar-refractivity contribution in [1.82, 2.24) is 5.32 Å². The minimum absolute atomic E-state index is 0.124. The average Bonchev–Trinajstić information content (AvgIpc) is 2.28. The lowest BCUT2D eigenvalue weighted by Crippen LogP contribution is -2.24. The lowest BCUT2D eigenvalue weighted by molar-refractivity contribution is -0.121. The van der Waals surface area contributed by atoms with Crippen molar-refractivity contribution < 1.29 is 9.53 Å². The third-order valence-corrected chi connectivity index (χ3v) is 2.48. The van der Waals surface area contributed by atoms with Crippen LogP contribution in [0.3, 0.4) is 0 Å². The minimum Gasteiger partial charge on any atom is -0.381 e. The van der Waals surface area contributed by atoms with Crippen LogP contribution in [-0.2, 0) is 9.53 Å². The number of hydrogen-bond acceptors (Lipinski definition) is 2. The van der Waals surface area contributed by atoms with E-state index in [4.69, 9.17) is 16.3 Å². The largest absolute Gasteiger partial charge is 0.381 e. The van der Waals surface area contributed by atoms with Crippen molar-refractivity contribution >= 4 is 17.5 Å². The van der Waals surface area contributed by atoms with E-state index in [1.54, 1.807) is 0 Å². The van der Waals surface area contributed by atoms with Crippen LogP contribution >= 0.6 is 11.6 Å². The fourth-order valence-corrected chi connectivity index (χ4v) is 1.41. The predicted molar refractivity (Wildman–Crippen MR) is 67.9 cm³/mol. The van der Waals surface area contributed by atoms with E-state index in [2.05, 4.69) is 12.2 Å². The number of amides is 1. The van der Waals surface area contributed by atoms with Crippen molar-refractivity contribution in [2.75, 3.05) is 25.6 Å². The second kappa shape index (κ2) is 12.8. The number of carbonyl (C=O) groups is 1. The maximum absolute atomic E-state index is 11.3. The van der Waals surface area contributed by atoms with Gasteiger partial charge in [0.1, 0.15) is 0 Å². The third-order valence-electron chi connectivity index (χ3n) is 2.22. The highest BCUT2D eigenvalue weighted by Crippen LogP contribution is 1.96. The van der Waals surface area contributed by atoms with Crippen LogP contribution in [0.1, 0.15) is 45.4 Å². The van der Waals surface area contributed by atoms with Gasteiger partial charge in [-0.15, -0.1) is 11.6 Å². The summed E-state index contributed by atoms with van der Waals surface area (Å²) in [7, 11) is 0. The first-order valence-corrected chi connectivity index (χ1v) is 6.75. The second-order valence-corrected chi connectivity index (χ2v) is 4.19. The lowest BCUT2D eigenvalue weighted by Gasteiger charge is -2.05. The van der Waals surface area contributed by atoms with Crippen molar-refractivity contribution in [2.24, 2.45) is 0 Å². The van der Waals surface area contributed by atoms with Crippen molar-refractivity contribution in [3.63, 3.8) is 0 Å². The zero-order chi connectivity index (χ0) is 12.1. The van der Waals surface area contributed by atoms with Crippen LogP contribution in [0.5, 0.6) is 0 Å². The maximum atomic E-state index is 11.3. The molecule has 0 radical (unpaired) electrons. The summed E-state index contributed by atoms with van der Waals surface area (Å²) in [6, 6.07) is 0. The standard InChI is InChI=1S/C12H24ClNO2/c1-2-3-10-16-11-6-9-14-12(15)7-4-5-8-13/h2-11H2,1H3,(H,14,15). The van der Waals surface area contributed by atoms with Gasteiger partial charge in [0.15, 0.2) is 0 Å². The fraction of sp³-hybridized carbons (Fsp3) is 0.917. The molecule has 0 aromatic carbocycles. The topological polar surface area (TPSA) is 38.3 Å². The van der Waals surface area contributed by atoms with Crippen molar-refractivity contribution in [1.29, 1.82) is 0 Å². The summed E-state index contributed by atoms with van der Waals surface area (Å²) in [4.78, 5) is 11.3. The summed E-state index contributed by atoms with van der Waals surface area (Å²) in [5.74, 6) is 0.761. The SMILES string of the molecule is CCCCOCCCNC(=O)CCCCCl. The van der Waals surface area contributed by atoms with Crippen LogP contribution in [0.2, 0.25) is 0 Å². The summed E-state index contributed by atoms with van der Waals surface area (Å²) in [5.41, 5.74) is 0. The lowest BCUT2D eigenvalue weighted by atomic mass is 10.2. The normalized spacial score (nSPS) is 10.4. The van der Waals surface area contributed by atoms with Crippen molar-refractivity contribution in [3.05, 3.63) is 0 Å². The molecule has 1 amide bonds. The first-order chi connectivity index (χ1) is 7.81. The van der Waals surface area contributed by atoms with Gasteiger partial charge in [-0.2, -0.15) is 0 Å². The van der Waals surface area contributed by atoms with Gasteiger partial charge in [-0.05, 0) is 25.7 Å². The number of alkyl halides is 1. The highest BCUT2D eigenvalue weighted by molar-refractivity contribution is 6.17. The molecule has 0 bridgehead atoms. The highest BCUT2D eigenvalue weighted by Gasteiger charge is 1.99. The van der Waals surface area contributed by atoms with Gasteiger partial charge in [0.05, 0.1) is 0 Å². The molecular weight excluding hydrogens is 226 g/mol. The molecule has 0 fully saturated rings. The minimum atomic E-state index is 0.124. The molecule has 0 aliphatic heterocycles. The van der Waals surface area contributed by atoms with E-state index in [0.717, 1.165) is 45.3 Å². The summed E-state index contributed by atoms with van der Waals surface area (Å²) >= 11 is 5.52. The molecule has 0 saturated carbocycles. The van der Waals surface area contributed by atoms with Gasteiger partial charge in [-0.1, -0.05) is 13.3 Å². The Morgan fingerprint density at radius 2 is 1.94 bits per heavy atom. The molecule has 4 heteroatoms. The maximum Gasteiger partial charge on any atom is 0.219 e. The zero-order valence-electron chi connectivity index (χ0n) is 10.3. The Morgan fingerprint density at radius 1 is 1.19 bits per heavy atom. The van der Waals surface area contributed by atoms with E-state index in [1.165, 1.54) is 0 Å². The molecule has 0 spiro atoms. The van der Waals surface area contributed by atoms with Gasteiger partial charge < -0.3 is 10.1 Å². The molecule has 1 N–H and O–H groups in total. The molecule has 0 saturated heterocycles. The fourth-order valence-electron chi connectivity index (χ4n) is 1.22. The molecular formula is C12H24ClNO2. The van der Waals surface area contributed by atoms with E-state index < -0.39 is 0 Å². The van der Waals surface area contributed by atoms with Crippen LogP contribution in [0.15, 0.2) is 0 Å². The van der Waals surface area contributed by atoms with Crippen LogP contribution in [0, 0.1) is 0 Å². The summed E-state index contributed by atoms with van der Waals surface area (Å²) < 4.78 is 5.39. The van der Waals surface area contributed by atoms with E-state index in [9.17, 15) is 4.79 Å². The van der Waals surface area contributed by atoms with Gasteiger partial charge in [0, 0.05) is 32.1 Å². The molecule has 0 unspecified atom stereocenters. The molecule has 0 aromatic heterocycles. The summed E-state index contributed by atoms with van der Waals surface area (Å²) in [5, 5.41) is 2.87.